The Hall–Kier alpha value is -3.13. The molecule has 2 rings (SSSR count). The van der Waals surface area contributed by atoms with Crippen LogP contribution in [0.5, 0.6) is 0 Å². The SMILES string of the molecule is C[C@H](OC(=O)c1cccc(C#N)c1)C(=O)Nc1ccccc1. The highest BCUT2D eigenvalue weighted by atomic mass is 16.5. The zero-order chi connectivity index (χ0) is 15.9. The average Bonchev–Trinajstić information content (AvgIpc) is 2.55. The van der Waals surface area contributed by atoms with E-state index in [0.717, 1.165) is 0 Å². The minimum Gasteiger partial charge on any atom is -0.449 e. The second-order valence-corrected chi connectivity index (χ2v) is 4.60. The van der Waals surface area contributed by atoms with E-state index in [9.17, 15) is 9.59 Å². The van der Waals surface area contributed by atoms with Crippen LogP contribution in [0.4, 0.5) is 5.69 Å². The highest BCUT2D eigenvalue weighted by molar-refractivity contribution is 5.97. The molecule has 0 bridgehead atoms. The van der Waals surface area contributed by atoms with Crippen LogP contribution in [0.3, 0.4) is 0 Å². The molecule has 0 heterocycles. The van der Waals surface area contributed by atoms with Crippen LogP contribution in [-0.4, -0.2) is 18.0 Å². The Morgan fingerprint density at radius 1 is 1.14 bits per heavy atom. The molecule has 0 aliphatic heterocycles. The number of rotatable bonds is 4. The second kappa shape index (κ2) is 7.04. The molecule has 0 aliphatic carbocycles. The van der Waals surface area contributed by atoms with Crippen molar-refractivity contribution in [3.63, 3.8) is 0 Å². The van der Waals surface area contributed by atoms with Crippen molar-refractivity contribution in [1.82, 2.24) is 0 Å². The van der Waals surface area contributed by atoms with Gasteiger partial charge in [0.1, 0.15) is 0 Å². The predicted molar refractivity (Wildman–Crippen MR) is 81.1 cm³/mol. The molecule has 0 spiro atoms. The van der Waals surface area contributed by atoms with Crippen molar-refractivity contribution in [3.05, 3.63) is 65.7 Å². The molecule has 22 heavy (non-hydrogen) atoms. The van der Waals surface area contributed by atoms with Crippen LogP contribution in [0.1, 0.15) is 22.8 Å². The van der Waals surface area contributed by atoms with E-state index in [-0.39, 0.29) is 5.56 Å². The van der Waals surface area contributed by atoms with Crippen LogP contribution < -0.4 is 5.32 Å². The van der Waals surface area contributed by atoms with Crippen molar-refractivity contribution in [2.24, 2.45) is 0 Å². The van der Waals surface area contributed by atoms with Crippen LogP contribution >= 0.6 is 0 Å². The first-order chi connectivity index (χ1) is 10.6. The van der Waals surface area contributed by atoms with Crippen LogP contribution in [0.25, 0.3) is 0 Å². The predicted octanol–water partition coefficient (Wildman–Crippen LogP) is 2.74. The molecule has 0 aliphatic rings. The molecular formula is C17H14N2O3. The smallest absolute Gasteiger partial charge is 0.338 e. The summed E-state index contributed by atoms with van der Waals surface area (Å²) in [5.41, 5.74) is 1.22. The Bertz CT molecular complexity index is 720. The first-order valence-corrected chi connectivity index (χ1v) is 6.67. The summed E-state index contributed by atoms with van der Waals surface area (Å²) in [5, 5.41) is 11.5. The van der Waals surface area contributed by atoms with Gasteiger partial charge in [0.25, 0.3) is 5.91 Å². The number of para-hydroxylation sites is 1. The standard InChI is InChI=1S/C17H14N2O3/c1-12(16(20)19-15-8-3-2-4-9-15)22-17(21)14-7-5-6-13(10-14)11-18/h2-10,12H,1H3,(H,19,20)/t12-/m0/s1. The highest BCUT2D eigenvalue weighted by Crippen LogP contribution is 2.10. The third kappa shape index (κ3) is 3.93. The molecule has 2 aromatic carbocycles. The van der Waals surface area contributed by atoms with Crippen molar-refractivity contribution in [2.75, 3.05) is 5.32 Å². The number of ether oxygens (including phenoxy) is 1. The number of esters is 1. The quantitative estimate of drug-likeness (QED) is 0.879. The van der Waals surface area contributed by atoms with E-state index in [2.05, 4.69) is 5.32 Å². The molecule has 0 aromatic heterocycles. The lowest BCUT2D eigenvalue weighted by Crippen LogP contribution is -2.30. The van der Waals surface area contributed by atoms with Crippen LogP contribution in [0.15, 0.2) is 54.6 Å². The average molecular weight is 294 g/mol. The summed E-state index contributed by atoms with van der Waals surface area (Å²) in [6.45, 7) is 1.49. The first-order valence-electron chi connectivity index (χ1n) is 6.67. The maximum absolute atomic E-state index is 12.0. The Morgan fingerprint density at radius 3 is 2.55 bits per heavy atom. The monoisotopic (exact) mass is 294 g/mol. The van der Waals surface area contributed by atoms with Crippen molar-refractivity contribution in [2.45, 2.75) is 13.0 Å². The Morgan fingerprint density at radius 2 is 1.86 bits per heavy atom. The number of hydrogen-bond donors (Lipinski definition) is 1. The van der Waals surface area contributed by atoms with Crippen molar-refractivity contribution in [3.8, 4) is 6.07 Å². The summed E-state index contributed by atoms with van der Waals surface area (Å²) >= 11 is 0. The van der Waals surface area contributed by atoms with Gasteiger partial charge in [-0.3, -0.25) is 4.79 Å². The summed E-state index contributed by atoms with van der Waals surface area (Å²) in [6, 6.07) is 17.0. The zero-order valence-electron chi connectivity index (χ0n) is 11.9. The third-order valence-electron chi connectivity index (χ3n) is 2.92. The van der Waals surface area contributed by atoms with Gasteiger partial charge in [-0.2, -0.15) is 5.26 Å². The molecular weight excluding hydrogens is 280 g/mol. The molecule has 5 heteroatoms. The van der Waals surface area contributed by atoms with Gasteiger partial charge in [0.15, 0.2) is 6.10 Å². The Balaban J connectivity index is 1.98. The van der Waals surface area contributed by atoms with Crippen LogP contribution in [0, 0.1) is 11.3 Å². The van der Waals surface area contributed by atoms with Gasteiger partial charge in [0, 0.05) is 5.69 Å². The molecule has 0 radical (unpaired) electrons. The highest BCUT2D eigenvalue weighted by Gasteiger charge is 2.19. The molecule has 1 amide bonds. The summed E-state index contributed by atoms with van der Waals surface area (Å²) in [6.07, 6.45) is -0.946. The number of hydrogen-bond acceptors (Lipinski definition) is 4. The number of anilines is 1. The third-order valence-corrected chi connectivity index (χ3v) is 2.92. The lowest BCUT2D eigenvalue weighted by atomic mass is 10.1. The number of benzene rings is 2. The van der Waals surface area contributed by atoms with E-state index < -0.39 is 18.0 Å². The lowest BCUT2D eigenvalue weighted by Gasteiger charge is -2.13. The van der Waals surface area contributed by atoms with Gasteiger partial charge in [-0.05, 0) is 37.3 Å². The Labute approximate surface area is 128 Å². The Kier molecular flexibility index (Phi) is 4.89. The van der Waals surface area contributed by atoms with Gasteiger partial charge in [0.2, 0.25) is 0 Å². The van der Waals surface area contributed by atoms with Crippen molar-refractivity contribution >= 4 is 17.6 Å². The maximum Gasteiger partial charge on any atom is 0.338 e. The second-order valence-electron chi connectivity index (χ2n) is 4.60. The molecule has 5 nitrogen and oxygen atoms in total. The molecule has 110 valence electrons. The van der Waals surface area contributed by atoms with Crippen LogP contribution in [-0.2, 0) is 9.53 Å². The molecule has 0 saturated heterocycles. The maximum atomic E-state index is 12.0. The number of carbonyl (C=O) groups is 2. The molecule has 1 N–H and O–H groups in total. The van der Waals surface area contributed by atoms with E-state index >= 15 is 0 Å². The van der Waals surface area contributed by atoms with Gasteiger partial charge in [-0.15, -0.1) is 0 Å². The van der Waals surface area contributed by atoms with Gasteiger partial charge >= 0.3 is 5.97 Å². The van der Waals surface area contributed by atoms with Crippen LogP contribution in [0.2, 0.25) is 0 Å². The fourth-order valence-corrected chi connectivity index (χ4v) is 1.76. The fraction of sp³-hybridized carbons (Fsp3) is 0.118. The molecule has 2 aromatic rings. The van der Waals surface area contributed by atoms with Gasteiger partial charge in [-0.25, -0.2) is 4.79 Å². The molecule has 0 fully saturated rings. The fourth-order valence-electron chi connectivity index (χ4n) is 1.76. The van der Waals surface area contributed by atoms with Crippen molar-refractivity contribution in [1.29, 1.82) is 5.26 Å². The van der Waals surface area contributed by atoms with E-state index in [0.29, 0.717) is 11.3 Å². The summed E-state index contributed by atoms with van der Waals surface area (Å²) in [5.74, 6) is -1.07. The van der Waals surface area contributed by atoms with Gasteiger partial charge < -0.3 is 10.1 Å². The van der Waals surface area contributed by atoms with E-state index in [1.54, 1.807) is 36.4 Å². The molecule has 1 atom stereocenters. The number of carbonyl (C=O) groups excluding carboxylic acids is 2. The zero-order valence-corrected chi connectivity index (χ0v) is 11.9. The molecule has 0 saturated carbocycles. The van der Waals surface area contributed by atoms with Gasteiger partial charge in [-0.1, -0.05) is 24.3 Å². The van der Waals surface area contributed by atoms with E-state index in [1.165, 1.54) is 19.1 Å². The first kappa shape index (κ1) is 15.3. The molecule has 0 unspecified atom stereocenters. The summed E-state index contributed by atoms with van der Waals surface area (Å²) in [7, 11) is 0. The number of amides is 1. The number of nitriles is 1. The summed E-state index contributed by atoms with van der Waals surface area (Å²) < 4.78 is 5.11. The number of nitrogens with one attached hydrogen (secondary N) is 1. The lowest BCUT2D eigenvalue weighted by molar-refractivity contribution is -0.123. The van der Waals surface area contributed by atoms with E-state index in [4.69, 9.17) is 10.00 Å². The normalized spacial score (nSPS) is 11.1. The van der Waals surface area contributed by atoms with Crippen molar-refractivity contribution < 1.29 is 14.3 Å². The minimum absolute atomic E-state index is 0.235. The topological polar surface area (TPSA) is 79.2 Å². The number of nitrogens with zero attached hydrogens (tertiary/aromatic N) is 1. The van der Waals surface area contributed by atoms with Gasteiger partial charge in [0.05, 0.1) is 17.2 Å². The largest absolute Gasteiger partial charge is 0.449 e. The van der Waals surface area contributed by atoms with E-state index in [1.807, 2.05) is 12.1 Å². The minimum atomic E-state index is -0.946. The summed E-state index contributed by atoms with van der Waals surface area (Å²) in [4.78, 5) is 23.9.